The summed E-state index contributed by atoms with van der Waals surface area (Å²) in [6.07, 6.45) is 1.94. The van der Waals surface area contributed by atoms with E-state index in [0.29, 0.717) is 6.04 Å². The number of nitrogens with zero attached hydrogens (tertiary/aromatic N) is 1. The van der Waals surface area contributed by atoms with Gasteiger partial charge < -0.3 is 10.0 Å². The van der Waals surface area contributed by atoms with E-state index in [2.05, 4.69) is 18.9 Å². The van der Waals surface area contributed by atoms with Crippen molar-refractivity contribution in [2.24, 2.45) is 0 Å². The molecule has 1 N–H and O–H groups in total. The predicted octanol–water partition coefficient (Wildman–Crippen LogP) is 0.461. The van der Waals surface area contributed by atoms with Crippen LogP contribution in [0.25, 0.3) is 0 Å². The zero-order valence-corrected chi connectivity index (χ0v) is 6.17. The van der Waals surface area contributed by atoms with Crippen LogP contribution in [0.5, 0.6) is 0 Å². The molecule has 54 valence electrons. The van der Waals surface area contributed by atoms with Crippen molar-refractivity contribution in [2.75, 3.05) is 13.6 Å². The molecule has 1 aliphatic rings. The third-order valence-corrected chi connectivity index (χ3v) is 2.21. The molecule has 0 unspecified atom stereocenters. The predicted molar refractivity (Wildman–Crippen MR) is 37.3 cm³/mol. The molecule has 0 saturated heterocycles. The standard InChI is InChI=1S/C7H15NO/c1-3-8(2)6-4-7(9)5-6/h6-7,9H,3-5H2,1-2H3. The van der Waals surface area contributed by atoms with Crippen LogP contribution in [0.1, 0.15) is 19.8 Å². The SMILES string of the molecule is CCN(C)C1CC(O)C1. The van der Waals surface area contributed by atoms with Crippen LogP contribution >= 0.6 is 0 Å². The van der Waals surface area contributed by atoms with Gasteiger partial charge in [0.1, 0.15) is 0 Å². The van der Waals surface area contributed by atoms with Gasteiger partial charge in [0.05, 0.1) is 6.10 Å². The molecule has 0 aromatic carbocycles. The second kappa shape index (κ2) is 2.67. The molecule has 0 radical (unpaired) electrons. The Kier molecular flexibility index (Phi) is 2.09. The molecule has 0 aromatic rings. The number of hydrogen-bond acceptors (Lipinski definition) is 2. The minimum Gasteiger partial charge on any atom is -0.393 e. The maximum absolute atomic E-state index is 8.94. The summed E-state index contributed by atoms with van der Waals surface area (Å²) in [7, 11) is 2.11. The summed E-state index contributed by atoms with van der Waals surface area (Å²) in [6.45, 7) is 3.24. The van der Waals surface area contributed by atoms with Gasteiger partial charge >= 0.3 is 0 Å². The normalized spacial score (nSPS) is 34.7. The summed E-state index contributed by atoms with van der Waals surface area (Å²) < 4.78 is 0. The van der Waals surface area contributed by atoms with Crippen molar-refractivity contribution in [3.05, 3.63) is 0 Å². The number of aliphatic hydroxyl groups is 1. The second-order valence-electron chi connectivity index (χ2n) is 2.85. The fourth-order valence-electron chi connectivity index (χ4n) is 1.18. The maximum atomic E-state index is 8.94. The van der Waals surface area contributed by atoms with Crippen molar-refractivity contribution in [3.63, 3.8) is 0 Å². The monoisotopic (exact) mass is 129 g/mol. The highest BCUT2D eigenvalue weighted by Crippen LogP contribution is 2.23. The Morgan fingerprint density at radius 3 is 2.44 bits per heavy atom. The van der Waals surface area contributed by atoms with Crippen LogP contribution in [0.15, 0.2) is 0 Å². The minimum atomic E-state index is -0.0102. The topological polar surface area (TPSA) is 23.5 Å². The summed E-state index contributed by atoms with van der Waals surface area (Å²) >= 11 is 0. The molecule has 0 atom stereocenters. The molecule has 1 rings (SSSR count). The molecule has 2 heteroatoms. The molecular weight excluding hydrogens is 114 g/mol. The Hall–Kier alpha value is -0.0800. The van der Waals surface area contributed by atoms with Crippen LogP contribution in [-0.4, -0.2) is 35.7 Å². The van der Waals surface area contributed by atoms with E-state index in [0.717, 1.165) is 19.4 Å². The molecule has 9 heavy (non-hydrogen) atoms. The van der Waals surface area contributed by atoms with E-state index in [1.165, 1.54) is 0 Å². The molecule has 0 aromatic heterocycles. The third kappa shape index (κ3) is 1.43. The largest absolute Gasteiger partial charge is 0.393 e. The fourth-order valence-corrected chi connectivity index (χ4v) is 1.18. The Labute approximate surface area is 56.5 Å². The van der Waals surface area contributed by atoms with Gasteiger partial charge in [0, 0.05) is 6.04 Å². The van der Waals surface area contributed by atoms with Crippen molar-refractivity contribution in [1.29, 1.82) is 0 Å². The Balaban J connectivity index is 2.15. The molecule has 0 aliphatic heterocycles. The fraction of sp³-hybridized carbons (Fsp3) is 1.00. The molecule has 0 heterocycles. The summed E-state index contributed by atoms with van der Waals surface area (Å²) in [5.41, 5.74) is 0. The van der Waals surface area contributed by atoms with Gasteiger partial charge in [-0.1, -0.05) is 6.92 Å². The van der Waals surface area contributed by atoms with E-state index in [9.17, 15) is 0 Å². The average Bonchev–Trinajstić information content (AvgIpc) is 1.79. The number of rotatable bonds is 2. The van der Waals surface area contributed by atoms with Gasteiger partial charge in [0.2, 0.25) is 0 Å². The lowest BCUT2D eigenvalue weighted by atomic mass is 9.88. The third-order valence-electron chi connectivity index (χ3n) is 2.21. The summed E-state index contributed by atoms with van der Waals surface area (Å²) in [5.74, 6) is 0. The van der Waals surface area contributed by atoms with E-state index >= 15 is 0 Å². The smallest absolute Gasteiger partial charge is 0.0570 e. The maximum Gasteiger partial charge on any atom is 0.0570 e. The van der Waals surface area contributed by atoms with Gasteiger partial charge in [0.15, 0.2) is 0 Å². The van der Waals surface area contributed by atoms with Gasteiger partial charge in [-0.2, -0.15) is 0 Å². The highest BCUT2D eigenvalue weighted by molar-refractivity contribution is 4.84. The first-order valence-electron chi connectivity index (χ1n) is 3.62. The Bertz CT molecular complexity index is 88.9. The highest BCUT2D eigenvalue weighted by atomic mass is 16.3. The van der Waals surface area contributed by atoms with Crippen LogP contribution in [-0.2, 0) is 0 Å². The Morgan fingerprint density at radius 2 is 2.11 bits per heavy atom. The Morgan fingerprint density at radius 1 is 1.56 bits per heavy atom. The lowest BCUT2D eigenvalue weighted by Crippen LogP contribution is -2.44. The van der Waals surface area contributed by atoms with Gasteiger partial charge in [-0.3, -0.25) is 0 Å². The van der Waals surface area contributed by atoms with Crippen LogP contribution in [0, 0.1) is 0 Å². The van der Waals surface area contributed by atoms with Gasteiger partial charge in [-0.15, -0.1) is 0 Å². The average molecular weight is 129 g/mol. The summed E-state index contributed by atoms with van der Waals surface area (Å²) in [5, 5.41) is 8.94. The zero-order valence-electron chi connectivity index (χ0n) is 6.17. The van der Waals surface area contributed by atoms with Crippen molar-refractivity contribution < 1.29 is 5.11 Å². The van der Waals surface area contributed by atoms with Gasteiger partial charge in [0.25, 0.3) is 0 Å². The summed E-state index contributed by atoms with van der Waals surface area (Å²) in [6, 6.07) is 0.657. The van der Waals surface area contributed by atoms with Crippen molar-refractivity contribution >= 4 is 0 Å². The first-order chi connectivity index (χ1) is 4.24. The second-order valence-corrected chi connectivity index (χ2v) is 2.85. The van der Waals surface area contributed by atoms with Crippen LogP contribution in [0.3, 0.4) is 0 Å². The summed E-state index contributed by atoms with van der Waals surface area (Å²) in [4.78, 5) is 2.28. The zero-order chi connectivity index (χ0) is 6.85. The molecule has 0 spiro atoms. The lowest BCUT2D eigenvalue weighted by molar-refractivity contribution is 0.0143. The molecule has 0 amide bonds. The van der Waals surface area contributed by atoms with Gasteiger partial charge in [-0.25, -0.2) is 0 Å². The molecule has 2 nitrogen and oxygen atoms in total. The van der Waals surface area contributed by atoms with E-state index in [1.54, 1.807) is 0 Å². The lowest BCUT2D eigenvalue weighted by Gasteiger charge is -2.37. The molecule has 1 aliphatic carbocycles. The van der Waals surface area contributed by atoms with Crippen molar-refractivity contribution in [2.45, 2.75) is 31.9 Å². The first kappa shape index (κ1) is 7.03. The van der Waals surface area contributed by atoms with Crippen molar-refractivity contribution in [1.82, 2.24) is 4.90 Å². The van der Waals surface area contributed by atoms with Crippen molar-refractivity contribution in [3.8, 4) is 0 Å². The molecule has 0 bridgehead atoms. The van der Waals surface area contributed by atoms with E-state index in [-0.39, 0.29) is 6.10 Å². The van der Waals surface area contributed by atoms with E-state index in [1.807, 2.05) is 0 Å². The van der Waals surface area contributed by atoms with Gasteiger partial charge in [-0.05, 0) is 26.4 Å². The highest BCUT2D eigenvalue weighted by Gasteiger charge is 2.29. The van der Waals surface area contributed by atoms with E-state index in [4.69, 9.17) is 5.11 Å². The first-order valence-corrected chi connectivity index (χ1v) is 3.62. The molecular formula is C7H15NO. The number of aliphatic hydroxyl groups excluding tert-OH is 1. The van der Waals surface area contributed by atoms with Crippen LogP contribution in [0.2, 0.25) is 0 Å². The number of hydrogen-bond donors (Lipinski definition) is 1. The minimum absolute atomic E-state index is 0.0102. The van der Waals surface area contributed by atoms with E-state index < -0.39 is 0 Å². The van der Waals surface area contributed by atoms with Crippen LogP contribution < -0.4 is 0 Å². The quantitative estimate of drug-likeness (QED) is 0.585. The molecule has 1 fully saturated rings. The molecule has 1 saturated carbocycles. The van der Waals surface area contributed by atoms with Crippen LogP contribution in [0.4, 0.5) is 0 Å².